The molecule has 2 N–H and O–H groups in total. The minimum Gasteiger partial charge on any atom is -0.355 e. The maximum Gasteiger partial charge on any atom is 0.228 e. The van der Waals surface area contributed by atoms with Gasteiger partial charge in [0.1, 0.15) is 0 Å². The average molecular weight is 347 g/mol. The van der Waals surface area contributed by atoms with Gasteiger partial charge < -0.3 is 15.5 Å². The molecule has 0 unspecified atom stereocenters. The van der Waals surface area contributed by atoms with E-state index in [-0.39, 0.29) is 17.7 Å². The van der Waals surface area contributed by atoms with Gasteiger partial charge in [-0.3, -0.25) is 9.59 Å². The fourth-order valence-corrected chi connectivity index (χ4v) is 4.99. The number of carbonyl (C=O) groups excluding carboxylic acids is 2. The molecule has 1 aromatic heterocycles. The van der Waals surface area contributed by atoms with Crippen molar-refractivity contribution in [2.75, 3.05) is 19.6 Å². The first-order chi connectivity index (χ1) is 11.7. The molecule has 4 rings (SSSR count). The predicted octanol–water partition coefficient (Wildman–Crippen LogP) is 1.74. The summed E-state index contributed by atoms with van der Waals surface area (Å²) in [4.78, 5) is 26.7. The van der Waals surface area contributed by atoms with Crippen molar-refractivity contribution in [3.63, 3.8) is 0 Å². The fourth-order valence-electron chi connectivity index (χ4n) is 4.33. The summed E-state index contributed by atoms with van der Waals surface area (Å²) in [7, 11) is 0. The van der Waals surface area contributed by atoms with Gasteiger partial charge in [-0.2, -0.15) is 11.3 Å². The van der Waals surface area contributed by atoms with E-state index >= 15 is 0 Å². The Balaban J connectivity index is 1.50. The monoisotopic (exact) mass is 347 g/mol. The molecule has 5 nitrogen and oxygen atoms in total. The number of thiophene rings is 1. The molecular weight excluding hydrogens is 322 g/mol. The van der Waals surface area contributed by atoms with E-state index in [0.717, 1.165) is 19.5 Å². The highest BCUT2D eigenvalue weighted by Crippen LogP contribution is 2.56. The van der Waals surface area contributed by atoms with Crippen molar-refractivity contribution >= 4 is 23.2 Å². The van der Waals surface area contributed by atoms with Crippen molar-refractivity contribution in [1.29, 1.82) is 0 Å². The summed E-state index contributed by atoms with van der Waals surface area (Å²) < 4.78 is 0. The van der Waals surface area contributed by atoms with E-state index in [2.05, 4.69) is 32.4 Å². The molecule has 130 valence electrons. The minimum atomic E-state index is -0.0549. The number of carbonyl (C=O) groups is 2. The van der Waals surface area contributed by atoms with Crippen molar-refractivity contribution in [3.05, 3.63) is 22.4 Å². The molecule has 3 aliphatic rings. The molecule has 1 saturated carbocycles. The van der Waals surface area contributed by atoms with Crippen molar-refractivity contribution in [2.45, 2.75) is 44.7 Å². The van der Waals surface area contributed by atoms with Gasteiger partial charge in [-0.15, -0.1) is 0 Å². The molecule has 24 heavy (non-hydrogen) atoms. The lowest BCUT2D eigenvalue weighted by Gasteiger charge is -2.33. The van der Waals surface area contributed by atoms with E-state index in [1.54, 1.807) is 11.3 Å². The van der Waals surface area contributed by atoms with E-state index in [1.165, 1.54) is 18.4 Å². The number of nitrogens with zero attached hydrogens (tertiary/aromatic N) is 1. The molecule has 3 fully saturated rings. The number of nitrogens with one attached hydrogen (secondary N) is 2. The van der Waals surface area contributed by atoms with Crippen LogP contribution in [0.5, 0.6) is 0 Å². The number of piperidine rings is 2. The van der Waals surface area contributed by atoms with Crippen LogP contribution in [0.2, 0.25) is 0 Å². The van der Waals surface area contributed by atoms with Crippen LogP contribution >= 0.6 is 11.3 Å². The molecule has 6 heteroatoms. The van der Waals surface area contributed by atoms with Crippen LogP contribution in [0.4, 0.5) is 0 Å². The smallest absolute Gasteiger partial charge is 0.228 e. The zero-order valence-corrected chi connectivity index (χ0v) is 14.7. The minimum absolute atomic E-state index is 0.0549. The van der Waals surface area contributed by atoms with Gasteiger partial charge in [0, 0.05) is 25.6 Å². The number of amides is 2. The third-order valence-electron chi connectivity index (χ3n) is 5.95. The maximum absolute atomic E-state index is 13.2. The molecule has 1 aromatic rings. The number of rotatable bonds is 4. The number of hydrogen-bond acceptors (Lipinski definition) is 4. The molecule has 1 spiro atoms. The molecule has 2 aliphatic heterocycles. The normalized spacial score (nSPS) is 28.4. The largest absolute Gasteiger partial charge is 0.355 e. The fraction of sp³-hybridized carbons (Fsp3) is 0.667. The third kappa shape index (κ3) is 3.09. The Hall–Kier alpha value is -1.40. The molecule has 3 heterocycles. The van der Waals surface area contributed by atoms with Crippen LogP contribution in [0.25, 0.3) is 0 Å². The molecule has 0 aromatic carbocycles. The summed E-state index contributed by atoms with van der Waals surface area (Å²) in [6.45, 7) is 3.35. The summed E-state index contributed by atoms with van der Waals surface area (Å²) in [5, 5.41) is 10.5. The van der Waals surface area contributed by atoms with Crippen LogP contribution < -0.4 is 10.6 Å². The first-order valence-corrected chi connectivity index (χ1v) is 9.91. The van der Waals surface area contributed by atoms with Gasteiger partial charge in [-0.25, -0.2) is 0 Å². The van der Waals surface area contributed by atoms with Gasteiger partial charge in [0.05, 0.1) is 5.92 Å². The van der Waals surface area contributed by atoms with Crippen LogP contribution in [-0.4, -0.2) is 42.4 Å². The summed E-state index contributed by atoms with van der Waals surface area (Å²) >= 11 is 1.68. The lowest BCUT2D eigenvalue weighted by Crippen LogP contribution is -2.47. The Bertz CT molecular complexity index is 600. The second-order valence-corrected chi connectivity index (χ2v) is 8.25. The number of hydrogen-bond donors (Lipinski definition) is 2. The average Bonchev–Trinajstić information content (AvgIpc) is 3.04. The standard InChI is InChI=1S/C18H25N3O2S/c22-16-2-1-14(10-20-16)17(23)21(11-13-3-8-24-12-13)15-9-18(15)4-6-19-7-5-18/h3,8,12,14-15,19H,1-2,4-7,9-11H2,(H,20,22)/t14-,15+/m0/s1. The van der Waals surface area contributed by atoms with Gasteiger partial charge in [0.2, 0.25) is 11.8 Å². The SMILES string of the molecule is O=C1CC[C@H](C(=O)N(Cc2ccsc2)[C@@H]2CC23CCNCC3)CN1. The first-order valence-electron chi connectivity index (χ1n) is 8.97. The Morgan fingerprint density at radius 3 is 2.88 bits per heavy atom. The molecule has 2 atom stereocenters. The maximum atomic E-state index is 13.2. The van der Waals surface area contributed by atoms with Gasteiger partial charge >= 0.3 is 0 Å². The van der Waals surface area contributed by atoms with E-state index in [4.69, 9.17) is 0 Å². The topological polar surface area (TPSA) is 61.4 Å². The molecule has 2 saturated heterocycles. The summed E-state index contributed by atoms with van der Waals surface area (Å²) in [6.07, 6.45) is 4.65. The lowest BCUT2D eigenvalue weighted by atomic mass is 9.92. The highest BCUT2D eigenvalue weighted by atomic mass is 32.1. The van der Waals surface area contributed by atoms with Gasteiger partial charge in [-0.1, -0.05) is 0 Å². The zero-order valence-electron chi connectivity index (χ0n) is 13.9. The van der Waals surface area contributed by atoms with E-state index in [9.17, 15) is 9.59 Å². The van der Waals surface area contributed by atoms with Crippen molar-refractivity contribution < 1.29 is 9.59 Å². The van der Waals surface area contributed by atoms with Crippen LogP contribution in [0, 0.1) is 11.3 Å². The van der Waals surface area contributed by atoms with Gasteiger partial charge in [0.25, 0.3) is 0 Å². The highest BCUT2D eigenvalue weighted by Gasteiger charge is 2.58. The summed E-state index contributed by atoms with van der Waals surface area (Å²) in [6, 6.07) is 2.50. The quantitative estimate of drug-likeness (QED) is 0.872. The Kier molecular flexibility index (Phi) is 4.35. The lowest BCUT2D eigenvalue weighted by molar-refractivity contribution is -0.139. The van der Waals surface area contributed by atoms with E-state index in [1.807, 2.05) is 0 Å². The molecule has 2 amide bonds. The molecule has 0 radical (unpaired) electrons. The van der Waals surface area contributed by atoms with Crippen molar-refractivity contribution in [1.82, 2.24) is 15.5 Å². The van der Waals surface area contributed by atoms with Crippen LogP contribution in [-0.2, 0) is 16.1 Å². The van der Waals surface area contributed by atoms with Crippen LogP contribution in [0.3, 0.4) is 0 Å². The second-order valence-electron chi connectivity index (χ2n) is 7.47. The zero-order chi connectivity index (χ0) is 16.6. The van der Waals surface area contributed by atoms with Gasteiger partial charge in [-0.05, 0) is 66.6 Å². The van der Waals surface area contributed by atoms with Gasteiger partial charge in [0.15, 0.2) is 0 Å². The molecular formula is C18H25N3O2S. The van der Waals surface area contributed by atoms with Crippen LogP contribution in [0.15, 0.2) is 16.8 Å². The molecule has 0 bridgehead atoms. The van der Waals surface area contributed by atoms with E-state index in [0.29, 0.717) is 37.4 Å². The van der Waals surface area contributed by atoms with Crippen molar-refractivity contribution in [3.8, 4) is 0 Å². The Labute approximate surface area is 146 Å². The Morgan fingerprint density at radius 2 is 2.21 bits per heavy atom. The first kappa shape index (κ1) is 16.1. The third-order valence-corrected chi connectivity index (χ3v) is 6.69. The highest BCUT2D eigenvalue weighted by molar-refractivity contribution is 7.07. The van der Waals surface area contributed by atoms with Crippen LogP contribution in [0.1, 0.15) is 37.7 Å². The Morgan fingerprint density at radius 1 is 1.38 bits per heavy atom. The summed E-state index contributed by atoms with van der Waals surface area (Å²) in [5.74, 6) is 0.256. The predicted molar refractivity (Wildman–Crippen MR) is 93.5 cm³/mol. The summed E-state index contributed by atoms with van der Waals surface area (Å²) in [5.41, 5.74) is 1.57. The molecule has 1 aliphatic carbocycles. The van der Waals surface area contributed by atoms with Crippen molar-refractivity contribution in [2.24, 2.45) is 11.3 Å². The second kappa shape index (κ2) is 6.48. The van der Waals surface area contributed by atoms with E-state index < -0.39 is 0 Å².